The van der Waals surface area contributed by atoms with Crippen LogP contribution in [0.2, 0.25) is 0 Å². The SMILES string of the molecule is CCCSc1c(C(=O)NC2C3CC4CC2CC(O)(C4)C3)cnn1-c1ccc(C(=O)OC)cc1. The number of hydrogen-bond donors (Lipinski definition) is 2. The summed E-state index contributed by atoms with van der Waals surface area (Å²) >= 11 is 1.62. The molecule has 4 aliphatic rings. The van der Waals surface area contributed by atoms with E-state index in [4.69, 9.17) is 4.74 Å². The number of aliphatic hydroxyl groups is 1. The van der Waals surface area contributed by atoms with Gasteiger partial charge in [-0.05, 0) is 86.3 Å². The first-order valence-corrected chi connectivity index (χ1v) is 12.8. The number of hydrogen-bond acceptors (Lipinski definition) is 6. The van der Waals surface area contributed by atoms with E-state index in [-0.39, 0.29) is 17.9 Å². The number of aromatic nitrogens is 2. The second kappa shape index (κ2) is 8.80. The van der Waals surface area contributed by atoms with Gasteiger partial charge >= 0.3 is 5.97 Å². The minimum atomic E-state index is -0.513. The van der Waals surface area contributed by atoms with Crippen molar-refractivity contribution in [2.45, 2.75) is 62.1 Å². The Balaban J connectivity index is 1.38. The second-order valence-corrected chi connectivity index (χ2v) is 10.9. The quantitative estimate of drug-likeness (QED) is 0.473. The first kappa shape index (κ1) is 22.5. The van der Waals surface area contributed by atoms with Crippen LogP contribution in [0.25, 0.3) is 5.69 Å². The van der Waals surface area contributed by atoms with E-state index in [2.05, 4.69) is 17.3 Å². The zero-order valence-electron chi connectivity index (χ0n) is 19.1. The zero-order chi connectivity index (χ0) is 23.2. The number of esters is 1. The molecule has 33 heavy (non-hydrogen) atoms. The van der Waals surface area contributed by atoms with E-state index in [0.29, 0.717) is 28.9 Å². The van der Waals surface area contributed by atoms with Gasteiger partial charge in [-0.25, -0.2) is 9.48 Å². The highest BCUT2D eigenvalue weighted by Gasteiger charge is 2.55. The first-order chi connectivity index (χ1) is 15.9. The predicted molar refractivity (Wildman–Crippen MR) is 126 cm³/mol. The molecule has 0 aliphatic heterocycles. The lowest BCUT2D eigenvalue weighted by Gasteiger charge is -2.58. The minimum absolute atomic E-state index is 0.0875. The Bertz CT molecular complexity index is 1030. The molecule has 1 amide bonds. The highest BCUT2D eigenvalue weighted by molar-refractivity contribution is 7.99. The Morgan fingerprint density at radius 1 is 1.21 bits per heavy atom. The third-order valence-electron chi connectivity index (χ3n) is 7.48. The Labute approximate surface area is 198 Å². The number of thioether (sulfide) groups is 1. The van der Waals surface area contributed by atoms with Gasteiger partial charge in [-0.15, -0.1) is 11.8 Å². The maximum absolute atomic E-state index is 13.4. The molecule has 2 atom stereocenters. The van der Waals surface area contributed by atoms with Crippen molar-refractivity contribution in [2.75, 3.05) is 12.9 Å². The van der Waals surface area contributed by atoms with E-state index in [1.165, 1.54) is 7.11 Å². The third-order valence-corrected chi connectivity index (χ3v) is 8.76. The number of carbonyl (C=O) groups is 2. The summed E-state index contributed by atoms with van der Waals surface area (Å²) in [6, 6.07) is 7.16. The summed E-state index contributed by atoms with van der Waals surface area (Å²) in [4.78, 5) is 25.2. The van der Waals surface area contributed by atoms with Gasteiger partial charge < -0.3 is 15.2 Å². The topological polar surface area (TPSA) is 93.5 Å². The summed E-state index contributed by atoms with van der Waals surface area (Å²) in [6.07, 6.45) is 7.36. The predicted octanol–water partition coefficient (Wildman–Crippen LogP) is 3.83. The van der Waals surface area contributed by atoms with Crippen LogP contribution in [-0.4, -0.2) is 51.3 Å². The van der Waals surface area contributed by atoms with Gasteiger partial charge in [-0.3, -0.25) is 4.79 Å². The fourth-order valence-corrected chi connectivity index (χ4v) is 7.29. The van der Waals surface area contributed by atoms with Gasteiger partial charge in [0.25, 0.3) is 5.91 Å². The monoisotopic (exact) mass is 469 g/mol. The highest BCUT2D eigenvalue weighted by Crippen LogP contribution is 2.55. The van der Waals surface area contributed by atoms with E-state index >= 15 is 0 Å². The molecule has 176 valence electrons. The van der Waals surface area contributed by atoms with Crippen molar-refractivity contribution >= 4 is 23.6 Å². The fraction of sp³-hybridized carbons (Fsp3) is 0.560. The van der Waals surface area contributed by atoms with Gasteiger partial charge in [-0.1, -0.05) is 6.92 Å². The van der Waals surface area contributed by atoms with Crippen molar-refractivity contribution in [3.05, 3.63) is 41.6 Å². The largest absolute Gasteiger partial charge is 0.465 e. The lowest BCUT2D eigenvalue weighted by molar-refractivity contribution is -0.136. The van der Waals surface area contributed by atoms with Crippen LogP contribution < -0.4 is 5.32 Å². The van der Waals surface area contributed by atoms with Gasteiger partial charge in [-0.2, -0.15) is 5.10 Å². The number of ether oxygens (including phenoxy) is 1. The summed E-state index contributed by atoms with van der Waals surface area (Å²) in [6.45, 7) is 2.11. The van der Waals surface area contributed by atoms with Crippen molar-refractivity contribution in [2.24, 2.45) is 17.8 Å². The molecule has 4 fully saturated rings. The first-order valence-electron chi connectivity index (χ1n) is 11.8. The smallest absolute Gasteiger partial charge is 0.337 e. The van der Waals surface area contributed by atoms with E-state index in [0.717, 1.165) is 55.0 Å². The molecule has 4 bridgehead atoms. The van der Waals surface area contributed by atoms with E-state index in [9.17, 15) is 14.7 Å². The lowest BCUT2D eigenvalue weighted by atomic mass is 9.52. The van der Waals surface area contributed by atoms with Crippen LogP contribution in [-0.2, 0) is 4.74 Å². The number of amides is 1. The fourth-order valence-electron chi connectivity index (χ4n) is 6.32. The third kappa shape index (κ3) is 4.19. The summed E-state index contributed by atoms with van der Waals surface area (Å²) in [5.41, 5.74) is 1.33. The molecule has 1 aromatic carbocycles. The maximum Gasteiger partial charge on any atom is 0.337 e. The number of nitrogens with zero attached hydrogens (tertiary/aromatic N) is 2. The van der Waals surface area contributed by atoms with Gasteiger partial charge in [0.1, 0.15) is 5.03 Å². The molecule has 6 rings (SSSR count). The molecule has 4 saturated carbocycles. The standard InChI is InChI=1S/C25H31N3O4S/c1-3-8-33-23-20(14-26-28(23)19-6-4-16(5-7-19)24(30)32-2)22(29)27-21-17-9-15-10-18(21)13-25(31,11-15)12-17/h4-7,14-15,17-18,21,31H,3,8-13H2,1-2H3,(H,27,29). The number of nitrogens with one attached hydrogen (secondary N) is 1. The molecule has 0 radical (unpaired) electrons. The molecular formula is C25H31N3O4S. The van der Waals surface area contributed by atoms with Crippen LogP contribution in [0, 0.1) is 17.8 Å². The number of carbonyl (C=O) groups excluding carboxylic acids is 2. The normalized spacial score (nSPS) is 29.8. The van der Waals surface area contributed by atoms with Gasteiger partial charge in [0, 0.05) is 6.04 Å². The average molecular weight is 470 g/mol. The molecule has 1 aromatic heterocycles. The molecule has 8 heteroatoms. The molecule has 2 aromatic rings. The molecule has 0 spiro atoms. The highest BCUT2D eigenvalue weighted by atomic mass is 32.2. The van der Waals surface area contributed by atoms with Crippen molar-refractivity contribution in [3.63, 3.8) is 0 Å². The van der Waals surface area contributed by atoms with Crippen LogP contribution in [0.4, 0.5) is 0 Å². The van der Waals surface area contributed by atoms with Gasteiger partial charge in [0.15, 0.2) is 0 Å². The number of benzene rings is 1. The van der Waals surface area contributed by atoms with Crippen molar-refractivity contribution in [1.29, 1.82) is 0 Å². The Morgan fingerprint density at radius 3 is 2.52 bits per heavy atom. The van der Waals surface area contributed by atoms with Crippen molar-refractivity contribution in [3.8, 4) is 5.69 Å². The van der Waals surface area contributed by atoms with E-state index in [1.54, 1.807) is 34.8 Å². The molecule has 2 N–H and O–H groups in total. The van der Waals surface area contributed by atoms with Crippen LogP contribution in [0.1, 0.15) is 66.2 Å². The van der Waals surface area contributed by atoms with Crippen LogP contribution in [0.3, 0.4) is 0 Å². The Kier molecular flexibility index (Phi) is 5.99. The summed E-state index contributed by atoms with van der Waals surface area (Å²) in [5, 5.41) is 19.5. The number of methoxy groups -OCH3 is 1. The Morgan fingerprint density at radius 2 is 1.91 bits per heavy atom. The molecular weight excluding hydrogens is 438 g/mol. The number of rotatable bonds is 7. The van der Waals surface area contributed by atoms with Crippen LogP contribution >= 0.6 is 11.8 Å². The van der Waals surface area contributed by atoms with Crippen molar-refractivity contribution < 1.29 is 19.4 Å². The lowest BCUT2D eigenvalue weighted by Crippen LogP contribution is -2.61. The molecule has 2 unspecified atom stereocenters. The van der Waals surface area contributed by atoms with Gasteiger partial charge in [0.2, 0.25) is 0 Å². The molecule has 0 saturated heterocycles. The zero-order valence-corrected chi connectivity index (χ0v) is 19.9. The van der Waals surface area contributed by atoms with Crippen molar-refractivity contribution in [1.82, 2.24) is 15.1 Å². The Hall–Kier alpha value is -2.32. The second-order valence-electron chi connectivity index (χ2n) is 9.86. The van der Waals surface area contributed by atoms with E-state index in [1.807, 2.05) is 12.1 Å². The summed E-state index contributed by atoms with van der Waals surface area (Å²) in [7, 11) is 1.36. The van der Waals surface area contributed by atoms with Gasteiger partial charge in [0.05, 0.1) is 35.7 Å². The molecule has 7 nitrogen and oxygen atoms in total. The minimum Gasteiger partial charge on any atom is -0.465 e. The molecule has 1 heterocycles. The maximum atomic E-state index is 13.4. The molecule has 4 aliphatic carbocycles. The summed E-state index contributed by atoms with van der Waals surface area (Å²) in [5.74, 6) is 1.72. The van der Waals surface area contributed by atoms with Crippen LogP contribution in [0.5, 0.6) is 0 Å². The average Bonchev–Trinajstić information content (AvgIpc) is 3.22. The van der Waals surface area contributed by atoms with Crippen LogP contribution in [0.15, 0.2) is 35.5 Å². The summed E-state index contributed by atoms with van der Waals surface area (Å²) < 4.78 is 6.55. The van der Waals surface area contributed by atoms with E-state index < -0.39 is 5.60 Å².